The fourth-order valence-electron chi connectivity index (χ4n) is 2.37. The van der Waals surface area contributed by atoms with Crippen LogP contribution < -0.4 is 0 Å². The van der Waals surface area contributed by atoms with Crippen molar-refractivity contribution in [2.24, 2.45) is 0 Å². The molecule has 0 aromatic heterocycles. The van der Waals surface area contributed by atoms with Gasteiger partial charge in [-0.1, -0.05) is 42.7 Å². The van der Waals surface area contributed by atoms with E-state index in [1.165, 1.54) is 57.8 Å². The molecule has 0 aromatic carbocycles. The molecule has 0 nitrogen and oxygen atoms in total. The number of hydrogen-bond acceptors (Lipinski definition) is 0. The molecule has 0 heterocycles. The molecule has 0 aliphatic carbocycles. The highest BCUT2D eigenvalue weighted by atomic mass is 14.0. The highest BCUT2D eigenvalue weighted by molar-refractivity contribution is 5.02. The number of rotatable bonds is 15. The quantitative estimate of drug-likeness (QED) is 0.220. The monoisotopic (exact) mass is 274 g/mol. The molecule has 0 heteroatoms. The van der Waals surface area contributed by atoms with Gasteiger partial charge in [-0.2, -0.15) is 0 Å². The van der Waals surface area contributed by atoms with E-state index < -0.39 is 0 Å². The average Bonchev–Trinajstić information content (AvgIpc) is 2.46. The van der Waals surface area contributed by atoms with Crippen molar-refractivity contribution in [2.45, 2.75) is 77.0 Å². The number of hydrogen-bond donors (Lipinski definition) is 0. The summed E-state index contributed by atoms with van der Waals surface area (Å²) in [5.74, 6) is 0. The fraction of sp³-hybridized carbons (Fsp3) is 0.600. The molecular weight excluding hydrogens is 240 g/mol. The molecule has 20 heavy (non-hydrogen) atoms. The van der Waals surface area contributed by atoms with Crippen molar-refractivity contribution in [3.8, 4) is 0 Å². The van der Waals surface area contributed by atoms with Crippen LogP contribution in [-0.4, -0.2) is 0 Å². The Morgan fingerprint density at radius 1 is 0.550 bits per heavy atom. The summed E-state index contributed by atoms with van der Waals surface area (Å²) in [5, 5.41) is 0. The third-order valence-electron chi connectivity index (χ3n) is 3.62. The van der Waals surface area contributed by atoms with Gasteiger partial charge < -0.3 is 0 Å². The van der Waals surface area contributed by atoms with E-state index in [0.717, 1.165) is 19.3 Å². The zero-order valence-corrected chi connectivity index (χ0v) is 13.4. The average molecular weight is 274 g/mol. The summed E-state index contributed by atoms with van der Waals surface area (Å²) < 4.78 is 0. The smallest absolute Gasteiger partial charge is 0.0313 e. The molecule has 0 atom stereocenters. The van der Waals surface area contributed by atoms with Gasteiger partial charge in [0.15, 0.2) is 0 Å². The standard InChI is InChI=1S/C20H34/c1-4-7-10-12-13-16-19-20(17-14-9-6-3)18-15-11-8-5-2/h4-6,17H,1-3,7-16,18-19H2. The maximum Gasteiger partial charge on any atom is -0.0313 e. The summed E-state index contributed by atoms with van der Waals surface area (Å²) >= 11 is 0. The van der Waals surface area contributed by atoms with Gasteiger partial charge in [-0.15, -0.1) is 19.7 Å². The van der Waals surface area contributed by atoms with E-state index in [9.17, 15) is 0 Å². The Morgan fingerprint density at radius 3 is 1.65 bits per heavy atom. The second-order valence-electron chi connectivity index (χ2n) is 5.50. The molecule has 0 unspecified atom stereocenters. The Morgan fingerprint density at radius 2 is 1.05 bits per heavy atom. The minimum absolute atomic E-state index is 1.11. The third kappa shape index (κ3) is 13.4. The van der Waals surface area contributed by atoms with Crippen LogP contribution in [0.2, 0.25) is 0 Å². The lowest BCUT2D eigenvalue weighted by molar-refractivity contribution is 0.626. The molecule has 0 bridgehead atoms. The molecule has 0 aromatic rings. The van der Waals surface area contributed by atoms with Gasteiger partial charge in [0.1, 0.15) is 0 Å². The van der Waals surface area contributed by atoms with Gasteiger partial charge in [-0.05, 0) is 64.2 Å². The molecule has 0 aliphatic rings. The van der Waals surface area contributed by atoms with Gasteiger partial charge in [0.05, 0.1) is 0 Å². The van der Waals surface area contributed by atoms with Crippen molar-refractivity contribution in [1.29, 1.82) is 0 Å². The lowest BCUT2D eigenvalue weighted by Crippen LogP contribution is -1.88. The molecule has 0 aliphatic heterocycles. The summed E-state index contributed by atoms with van der Waals surface area (Å²) in [6.45, 7) is 11.4. The topological polar surface area (TPSA) is 0 Å². The molecule has 0 saturated heterocycles. The first-order chi connectivity index (χ1) is 9.85. The fourth-order valence-corrected chi connectivity index (χ4v) is 2.37. The molecule has 0 rings (SSSR count). The Kier molecular flexibility index (Phi) is 15.2. The molecule has 0 spiro atoms. The van der Waals surface area contributed by atoms with Crippen molar-refractivity contribution in [3.63, 3.8) is 0 Å². The first-order valence-corrected chi connectivity index (χ1v) is 8.35. The van der Waals surface area contributed by atoms with E-state index in [0.29, 0.717) is 0 Å². The van der Waals surface area contributed by atoms with E-state index in [4.69, 9.17) is 0 Å². The summed E-state index contributed by atoms with van der Waals surface area (Å²) in [5.41, 5.74) is 1.67. The van der Waals surface area contributed by atoms with Gasteiger partial charge in [-0.3, -0.25) is 0 Å². The Bertz CT molecular complexity index is 270. The summed E-state index contributed by atoms with van der Waals surface area (Å²) in [6, 6.07) is 0. The highest BCUT2D eigenvalue weighted by Crippen LogP contribution is 2.18. The SMILES string of the molecule is C=CCCC=C(CCCCC=C)CCCCCCC=C. The Balaban J connectivity index is 3.84. The Hall–Kier alpha value is -1.04. The minimum atomic E-state index is 1.11. The molecule has 0 N–H and O–H groups in total. The maximum atomic E-state index is 3.80. The van der Waals surface area contributed by atoms with Crippen molar-refractivity contribution in [3.05, 3.63) is 49.6 Å². The first-order valence-electron chi connectivity index (χ1n) is 8.35. The summed E-state index contributed by atoms with van der Waals surface area (Å²) in [7, 11) is 0. The minimum Gasteiger partial charge on any atom is -0.103 e. The predicted molar refractivity (Wildman–Crippen MR) is 94.1 cm³/mol. The molecule has 0 amide bonds. The second kappa shape index (κ2) is 16.0. The van der Waals surface area contributed by atoms with Crippen molar-refractivity contribution >= 4 is 0 Å². The van der Waals surface area contributed by atoms with Crippen LogP contribution in [0.4, 0.5) is 0 Å². The van der Waals surface area contributed by atoms with Crippen molar-refractivity contribution in [1.82, 2.24) is 0 Å². The van der Waals surface area contributed by atoms with E-state index in [2.05, 4.69) is 25.8 Å². The predicted octanol–water partition coefficient (Wildman–Crippen LogP) is 7.15. The van der Waals surface area contributed by atoms with Gasteiger partial charge in [0.2, 0.25) is 0 Å². The van der Waals surface area contributed by atoms with Gasteiger partial charge in [0.25, 0.3) is 0 Å². The van der Waals surface area contributed by atoms with Crippen LogP contribution in [0.5, 0.6) is 0 Å². The van der Waals surface area contributed by atoms with Crippen molar-refractivity contribution in [2.75, 3.05) is 0 Å². The molecule has 0 fully saturated rings. The van der Waals surface area contributed by atoms with Crippen LogP contribution in [0.3, 0.4) is 0 Å². The second-order valence-corrected chi connectivity index (χ2v) is 5.50. The van der Waals surface area contributed by atoms with E-state index >= 15 is 0 Å². The normalized spacial score (nSPS) is 11.3. The van der Waals surface area contributed by atoms with Crippen LogP contribution in [0.25, 0.3) is 0 Å². The molecule has 0 saturated carbocycles. The number of allylic oxidation sites excluding steroid dienone is 5. The largest absolute Gasteiger partial charge is 0.103 e. The highest BCUT2D eigenvalue weighted by Gasteiger charge is 1.98. The van der Waals surface area contributed by atoms with Crippen LogP contribution in [-0.2, 0) is 0 Å². The lowest BCUT2D eigenvalue weighted by Gasteiger charge is -2.08. The van der Waals surface area contributed by atoms with Gasteiger partial charge in [-0.25, -0.2) is 0 Å². The lowest BCUT2D eigenvalue weighted by atomic mass is 9.99. The van der Waals surface area contributed by atoms with Gasteiger partial charge >= 0.3 is 0 Å². The van der Waals surface area contributed by atoms with Crippen molar-refractivity contribution < 1.29 is 0 Å². The Labute approximate surface area is 127 Å². The van der Waals surface area contributed by atoms with Crippen LogP contribution >= 0.6 is 0 Å². The summed E-state index contributed by atoms with van der Waals surface area (Å²) in [6.07, 6.45) is 23.6. The zero-order valence-electron chi connectivity index (χ0n) is 13.4. The van der Waals surface area contributed by atoms with Gasteiger partial charge in [0, 0.05) is 0 Å². The van der Waals surface area contributed by atoms with E-state index in [-0.39, 0.29) is 0 Å². The molecular formula is C20H34. The zero-order chi connectivity index (χ0) is 14.9. The van der Waals surface area contributed by atoms with Crippen LogP contribution in [0.1, 0.15) is 77.0 Å². The summed E-state index contributed by atoms with van der Waals surface area (Å²) in [4.78, 5) is 0. The van der Waals surface area contributed by atoms with Crippen LogP contribution in [0.15, 0.2) is 49.6 Å². The van der Waals surface area contributed by atoms with E-state index in [1.807, 2.05) is 18.2 Å². The van der Waals surface area contributed by atoms with Crippen LogP contribution in [0, 0.1) is 0 Å². The first kappa shape index (κ1) is 19.0. The third-order valence-corrected chi connectivity index (χ3v) is 3.62. The molecule has 114 valence electrons. The number of unbranched alkanes of at least 4 members (excludes halogenated alkanes) is 7. The molecule has 0 radical (unpaired) electrons. The maximum absolute atomic E-state index is 3.80. The van der Waals surface area contributed by atoms with E-state index in [1.54, 1.807) is 5.57 Å².